The Morgan fingerprint density at radius 3 is 1.19 bits per heavy atom. The number of aromatic nitrogens is 2. The molecule has 0 spiro atoms. The summed E-state index contributed by atoms with van der Waals surface area (Å²) in [7, 11) is 0. The van der Waals surface area contributed by atoms with Gasteiger partial charge in [-0.2, -0.15) is 26.3 Å². The van der Waals surface area contributed by atoms with Gasteiger partial charge in [0.25, 0.3) is 0 Å². The van der Waals surface area contributed by atoms with E-state index >= 15 is 26.3 Å². The molecule has 0 saturated carbocycles. The van der Waals surface area contributed by atoms with E-state index in [2.05, 4.69) is 9.97 Å². The van der Waals surface area contributed by atoms with E-state index in [0.717, 1.165) is 32.1 Å². The summed E-state index contributed by atoms with van der Waals surface area (Å²) in [5.74, 6) is -16.2. The van der Waals surface area contributed by atoms with Crippen molar-refractivity contribution in [2.75, 3.05) is 0 Å². The Labute approximate surface area is 277 Å². The van der Waals surface area contributed by atoms with Crippen molar-refractivity contribution in [3.63, 3.8) is 0 Å². The summed E-state index contributed by atoms with van der Waals surface area (Å²) in [4.78, 5) is 9.54. The normalized spacial score (nSPS) is 17.1. The van der Waals surface area contributed by atoms with Gasteiger partial charge in [-0.3, -0.25) is 0 Å². The lowest BCUT2D eigenvalue weighted by molar-refractivity contribution is -0.254. The van der Waals surface area contributed by atoms with Crippen molar-refractivity contribution in [1.29, 1.82) is 0 Å². The van der Waals surface area contributed by atoms with Gasteiger partial charge in [0.1, 0.15) is 10.0 Å². The molecule has 0 amide bonds. The molecular weight excluding hydrogens is 691 g/mol. The minimum atomic E-state index is -5.73. The summed E-state index contributed by atoms with van der Waals surface area (Å²) >= 11 is 4.52. The quantitative estimate of drug-likeness (QED) is 0.170. The van der Waals surface area contributed by atoms with E-state index < -0.39 is 28.9 Å². The van der Waals surface area contributed by atoms with Gasteiger partial charge in [-0.1, -0.05) is 60.7 Å². The van der Waals surface area contributed by atoms with E-state index in [0.29, 0.717) is 20.4 Å². The van der Waals surface area contributed by atoms with Crippen LogP contribution in [0.5, 0.6) is 0 Å². The van der Waals surface area contributed by atoms with E-state index in [4.69, 9.17) is 0 Å². The summed E-state index contributed by atoms with van der Waals surface area (Å²) in [6.07, 6.45) is 0. The molecule has 232 valence electrons. The fourth-order valence-corrected chi connectivity index (χ4v) is 10.7. The molecule has 1 aliphatic carbocycles. The van der Waals surface area contributed by atoms with Crippen LogP contribution in [0.4, 0.5) is 26.3 Å². The molecule has 0 fully saturated rings. The van der Waals surface area contributed by atoms with Gasteiger partial charge >= 0.3 is 17.8 Å². The second kappa shape index (κ2) is 9.96. The van der Waals surface area contributed by atoms with Gasteiger partial charge < -0.3 is 0 Å². The maximum Gasteiger partial charge on any atom is 0.380 e. The predicted octanol–water partition coefficient (Wildman–Crippen LogP) is 12.5. The topological polar surface area (TPSA) is 25.8 Å². The highest BCUT2D eigenvalue weighted by atomic mass is 32.1. The highest BCUT2D eigenvalue weighted by Crippen LogP contribution is 2.68. The van der Waals surface area contributed by atoms with E-state index in [9.17, 15) is 0 Å². The molecule has 0 atom stereocenters. The molecule has 4 heterocycles. The zero-order chi connectivity index (χ0) is 32.3. The summed E-state index contributed by atoms with van der Waals surface area (Å²) in [6.45, 7) is 0. The summed E-state index contributed by atoms with van der Waals surface area (Å²) < 4.78 is 100. The molecule has 0 unspecified atom stereocenters. The van der Waals surface area contributed by atoms with Crippen molar-refractivity contribution < 1.29 is 26.3 Å². The van der Waals surface area contributed by atoms with Crippen LogP contribution in [0.15, 0.2) is 97.1 Å². The molecule has 0 aliphatic heterocycles. The number of hydrogen-bond donors (Lipinski definition) is 0. The first-order valence-electron chi connectivity index (χ1n) is 14.2. The molecule has 8 aromatic rings. The van der Waals surface area contributed by atoms with Crippen LogP contribution in [0, 0.1) is 0 Å². The second-order valence-electron chi connectivity index (χ2n) is 11.1. The standard InChI is InChI=1S/C35H16F6N2S4/c36-33(37)27(25-17-9-1-5-13-21(17)44-29(25)31-42-19-11-3-7-15-23(19)46-31)28(34(38,39)35(33,40)41)26-18-10-2-6-14-22(18)45-30(26)32-43-20-12-4-8-16-24(20)47-32/h1-16H. The number of para-hydroxylation sites is 2. The van der Waals surface area contributed by atoms with E-state index in [1.54, 1.807) is 72.8 Å². The Bertz CT molecular complexity index is 2350. The van der Waals surface area contributed by atoms with Crippen LogP contribution in [-0.2, 0) is 0 Å². The summed E-state index contributed by atoms with van der Waals surface area (Å²) in [5.41, 5.74) is -2.31. The van der Waals surface area contributed by atoms with Crippen LogP contribution >= 0.6 is 45.3 Å². The minimum Gasteiger partial charge on any atom is -0.235 e. The monoisotopic (exact) mass is 706 g/mol. The number of rotatable bonds is 4. The molecule has 0 bridgehead atoms. The largest absolute Gasteiger partial charge is 0.380 e. The molecule has 9 rings (SSSR count). The maximum atomic E-state index is 16.5. The highest BCUT2D eigenvalue weighted by Gasteiger charge is 2.80. The second-order valence-corrected chi connectivity index (χ2v) is 15.2. The Balaban J connectivity index is 1.45. The van der Waals surface area contributed by atoms with Crippen LogP contribution in [-0.4, -0.2) is 27.7 Å². The first-order chi connectivity index (χ1) is 22.6. The fraction of sp³-hybridized carbons (Fsp3) is 0.0857. The number of nitrogens with zero attached hydrogens (tertiary/aromatic N) is 2. The molecule has 0 radical (unpaired) electrons. The Morgan fingerprint density at radius 1 is 0.426 bits per heavy atom. The van der Waals surface area contributed by atoms with Gasteiger partial charge in [-0.05, 0) is 36.4 Å². The first-order valence-corrected chi connectivity index (χ1v) is 17.5. The number of halogens is 6. The molecule has 12 heteroatoms. The Kier molecular flexibility index (Phi) is 6.16. The average Bonchev–Trinajstić information content (AvgIpc) is 3.85. The van der Waals surface area contributed by atoms with Crippen molar-refractivity contribution in [3.05, 3.63) is 108 Å². The van der Waals surface area contributed by atoms with Gasteiger partial charge in [0.2, 0.25) is 0 Å². The number of benzene rings is 4. The van der Waals surface area contributed by atoms with Crippen LogP contribution < -0.4 is 0 Å². The Morgan fingerprint density at radius 2 is 0.787 bits per heavy atom. The van der Waals surface area contributed by atoms with Crippen molar-refractivity contribution in [3.8, 4) is 19.8 Å². The van der Waals surface area contributed by atoms with Gasteiger partial charge in [-0.15, -0.1) is 45.3 Å². The van der Waals surface area contributed by atoms with Crippen molar-refractivity contribution >= 4 is 97.1 Å². The molecule has 4 aromatic carbocycles. The summed E-state index contributed by atoms with van der Waals surface area (Å²) in [5, 5.41) is 0.914. The van der Waals surface area contributed by atoms with Gasteiger partial charge in [0.05, 0.1) is 30.2 Å². The van der Waals surface area contributed by atoms with Gasteiger partial charge in [0, 0.05) is 42.4 Å². The smallest absolute Gasteiger partial charge is 0.235 e. The van der Waals surface area contributed by atoms with E-state index in [-0.39, 0.29) is 41.7 Å². The molecule has 4 aromatic heterocycles. The third-order valence-electron chi connectivity index (χ3n) is 8.33. The van der Waals surface area contributed by atoms with Crippen molar-refractivity contribution in [2.24, 2.45) is 0 Å². The molecule has 0 saturated heterocycles. The molecule has 1 aliphatic rings. The lowest BCUT2D eigenvalue weighted by Crippen LogP contribution is -2.48. The van der Waals surface area contributed by atoms with E-state index in [1.807, 2.05) is 12.1 Å². The third kappa shape index (κ3) is 3.95. The lowest BCUT2D eigenvalue weighted by atomic mass is 9.91. The zero-order valence-electron chi connectivity index (χ0n) is 23.5. The Hall–Kier alpha value is -4.10. The van der Waals surface area contributed by atoms with Gasteiger partial charge in [-0.25, -0.2) is 9.97 Å². The molecular formula is C35H16F6N2S4. The molecule has 2 nitrogen and oxygen atoms in total. The molecule has 0 N–H and O–H groups in total. The number of hydrogen-bond acceptors (Lipinski definition) is 6. The number of thiophene rings is 2. The van der Waals surface area contributed by atoms with Gasteiger partial charge in [0.15, 0.2) is 0 Å². The fourth-order valence-electron chi connectivity index (χ4n) is 6.22. The number of thiazole rings is 2. The first kappa shape index (κ1) is 29.1. The SMILES string of the molecule is FC1(F)C(c2c(-c3nc4ccccc4s3)sc3ccccc23)=C(c2c(-c3nc4ccccc4s3)sc3ccccc23)C(F)(F)C1(F)F. The predicted molar refractivity (Wildman–Crippen MR) is 183 cm³/mol. The number of fused-ring (bicyclic) bond motifs is 4. The van der Waals surface area contributed by atoms with E-state index in [1.165, 1.54) is 34.8 Å². The maximum absolute atomic E-state index is 16.5. The minimum absolute atomic E-state index is 0.133. The number of alkyl halides is 6. The highest BCUT2D eigenvalue weighted by molar-refractivity contribution is 7.29. The van der Waals surface area contributed by atoms with Crippen LogP contribution in [0.1, 0.15) is 11.1 Å². The lowest BCUT2D eigenvalue weighted by Gasteiger charge is -2.26. The van der Waals surface area contributed by atoms with Crippen molar-refractivity contribution in [1.82, 2.24) is 9.97 Å². The average molecular weight is 707 g/mol. The summed E-state index contributed by atoms with van der Waals surface area (Å²) in [6, 6.07) is 27.1. The molecule has 47 heavy (non-hydrogen) atoms. The van der Waals surface area contributed by atoms with Crippen molar-refractivity contribution in [2.45, 2.75) is 17.8 Å². The third-order valence-corrected chi connectivity index (χ3v) is 13.1. The van der Waals surface area contributed by atoms with Crippen LogP contribution in [0.25, 0.3) is 71.5 Å². The zero-order valence-corrected chi connectivity index (χ0v) is 26.8. The number of allylic oxidation sites excluding steroid dienone is 2. The van der Waals surface area contributed by atoms with Crippen LogP contribution in [0.2, 0.25) is 0 Å². The van der Waals surface area contributed by atoms with Crippen LogP contribution in [0.3, 0.4) is 0 Å².